The van der Waals surface area contributed by atoms with E-state index in [9.17, 15) is 0 Å². The largest absolute Gasteiger partial charge is 0.321 e. The van der Waals surface area contributed by atoms with E-state index >= 15 is 0 Å². The minimum atomic E-state index is -0.0668. The number of aromatic nitrogens is 1. The van der Waals surface area contributed by atoms with Crippen molar-refractivity contribution in [2.45, 2.75) is 24.8 Å². The van der Waals surface area contributed by atoms with Crippen LogP contribution in [-0.2, 0) is 5.54 Å². The van der Waals surface area contributed by atoms with Gasteiger partial charge in [0.1, 0.15) is 0 Å². The standard InChI is InChI=1S/C15H16N2/c16-15(9-3-10-15)13-7-5-12(6-8-13)14-4-1-2-11-17-14/h1-2,4-8,11H,3,9-10,16H2. The van der Waals surface area contributed by atoms with Crippen molar-refractivity contribution in [1.82, 2.24) is 4.98 Å². The van der Waals surface area contributed by atoms with Crippen LogP contribution in [0.1, 0.15) is 24.8 Å². The Morgan fingerprint density at radius 2 is 1.76 bits per heavy atom. The number of hydrogen-bond donors (Lipinski definition) is 1. The molecule has 3 rings (SSSR count). The number of nitrogens with zero attached hydrogens (tertiary/aromatic N) is 1. The number of rotatable bonds is 2. The molecule has 17 heavy (non-hydrogen) atoms. The highest BCUT2D eigenvalue weighted by Crippen LogP contribution is 2.38. The molecular weight excluding hydrogens is 208 g/mol. The molecule has 0 spiro atoms. The average Bonchev–Trinajstić information content (AvgIpc) is 2.37. The molecule has 0 bridgehead atoms. The first-order valence-corrected chi connectivity index (χ1v) is 6.09. The van der Waals surface area contributed by atoms with Crippen LogP contribution in [0.25, 0.3) is 11.3 Å². The molecule has 2 aromatic rings. The maximum Gasteiger partial charge on any atom is 0.0701 e. The fourth-order valence-corrected chi connectivity index (χ4v) is 2.35. The molecule has 86 valence electrons. The first kappa shape index (κ1) is 10.5. The van der Waals surface area contributed by atoms with Gasteiger partial charge in [-0.15, -0.1) is 0 Å². The van der Waals surface area contributed by atoms with Crippen LogP contribution in [0.15, 0.2) is 48.7 Å². The van der Waals surface area contributed by atoms with E-state index < -0.39 is 0 Å². The summed E-state index contributed by atoms with van der Waals surface area (Å²) in [5.41, 5.74) is 9.65. The van der Waals surface area contributed by atoms with Crippen LogP contribution in [0, 0.1) is 0 Å². The lowest BCUT2D eigenvalue weighted by Gasteiger charge is -2.38. The monoisotopic (exact) mass is 224 g/mol. The molecule has 0 aliphatic heterocycles. The van der Waals surface area contributed by atoms with Gasteiger partial charge in [0.15, 0.2) is 0 Å². The summed E-state index contributed by atoms with van der Waals surface area (Å²) in [5, 5.41) is 0. The lowest BCUT2D eigenvalue weighted by molar-refractivity contribution is 0.253. The Morgan fingerprint density at radius 3 is 2.29 bits per heavy atom. The van der Waals surface area contributed by atoms with Crippen LogP contribution in [-0.4, -0.2) is 4.98 Å². The van der Waals surface area contributed by atoms with Gasteiger partial charge in [0.25, 0.3) is 0 Å². The van der Waals surface area contributed by atoms with E-state index in [4.69, 9.17) is 5.73 Å². The van der Waals surface area contributed by atoms with Crippen molar-refractivity contribution in [3.05, 3.63) is 54.2 Å². The van der Waals surface area contributed by atoms with Crippen molar-refractivity contribution >= 4 is 0 Å². The zero-order chi connectivity index (χ0) is 11.7. The van der Waals surface area contributed by atoms with Crippen LogP contribution < -0.4 is 5.73 Å². The second-order valence-corrected chi connectivity index (χ2v) is 4.80. The number of nitrogens with two attached hydrogens (primary N) is 1. The zero-order valence-electron chi connectivity index (χ0n) is 9.76. The summed E-state index contributed by atoms with van der Waals surface area (Å²) in [6, 6.07) is 14.5. The van der Waals surface area contributed by atoms with Crippen molar-refractivity contribution in [3.8, 4) is 11.3 Å². The van der Waals surface area contributed by atoms with Gasteiger partial charge in [-0.05, 0) is 37.0 Å². The Balaban J connectivity index is 1.90. The summed E-state index contributed by atoms with van der Waals surface area (Å²) in [4.78, 5) is 4.34. The van der Waals surface area contributed by atoms with E-state index in [0.29, 0.717) is 0 Å². The highest BCUT2D eigenvalue weighted by Gasteiger charge is 2.33. The van der Waals surface area contributed by atoms with Crippen molar-refractivity contribution in [3.63, 3.8) is 0 Å². The molecule has 0 unspecified atom stereocenters. The molecule has 1 aromatic carbocycles. The van der Waals surface area contributed by atoms with Crippen molar-refractivity contribution < 1.29 is 0 Å². The fraction of sp³-hybridized carbons (Fsp3) is 0.267. The number of pyridine rings is 1. The molecule has 1 heterocycles. The minimum absolute atomic E-state index is 0.0668. The summed E-state index contributed by atoms with van der Waals surface area (Å²) >= 11 is 0. The van der Waals surface area contributed by atoms with Crippen molar-refractivity contribution in [1.29, 1.82) is 0 Å². The molecular formula is C15H16N2. The van der Waals surface area contributed by atoms with E-state index in [1.807, 2.05) is 24.4 Å². The smallest absolute Gasteiger partial charge is 0.0701 e. The summed E-state index contributed by atoms with van der Waals surface area (Å²) in [5.74, 6) is 0. The summed E-state index contributed by atoms with van der Waals surface area (Å²) in [7, 11) is 0. The highest BCUT2D eigenvalue weighted by molar-refractivity contribution is 5.59. The molecule has 1 aliphatic rings. The number of benzene rings is 1. The zero-order valence-corrected chi connectivity index (χ0v) is 9.76. The normalized spacial score (nSPS) is 17.5. The molecule has 2 heteroatoms. The molecule has 1 saturated carbocycles. The van der Waals surface area contributed by atoms with Crippen molar-refractivity contribution in [2.75, 3.05) is 0 Å². The van der Waals surface area contributed by atoms with Crippen LogP contribution >= 0.6 is 0 Å². The Hall–Kier alpha value is -1.67. The third-order valence-corrected chi connectivity index (χ3v) is 3.67. The van der Waals surface area contributed by atoms with E-state index in [1.165, 1.54) is 12.0 Å². The predicted octanol–water partition coefficient (Wildman–Crippen LogP) is 3.09. The summed E-state index contributed by atoms with van der Waals surface area (Å²) < 4.78 is 0. The number of hydrogen-bond acceptors (Lipinski definition) is 2. The van der Waals surface area contributed by atoms with Crippen LogP contribution in [0.4, 0.5) is 0 Å². The van der Waals surface area contributed by atoms with E-state index in [0.717, 1.165) is 24.1 Å². The molecule has 0 amide bonds. The molecule has 2 nitrogen and oxygen atoms in total. The van der Waals surface area contributed by atoms with Gasteiger partial charge in [0, 0.05) is 17.3 Å². The van der Waals surface area contributed by atoms with E-state index in [1.54, 1.807) is 0 Å². The molecule has 0 radical (unpaired) electrons. The van der Waals surface area contributed by atoms with Gasteiger partial charge < -0.3 is 5.73 Å². The SMILES string of the molecule is NC1(c2ccc(-c3ccccn3)cc2)CCC1. The summed E-state index contributed by atoms with van der Waals surface area (Å²) in [6.45, 7) is 0. The van der Waals surface area contributed by atoms with Gasteiger partial charge in [0.2, 0.25) is 0 Å². The van der Waals surface area contributed by atoms with Gasteiger partial charge in [0.05, 0.1) is 5.69 Å². The first-order chi connectivity index (χ1) is 8.28. The van der Waals surface area contributed by atoms with Gasteiger partial charge in [-0.3, -0.25) is 4.98 Å². The Labute approximate surface area is 102 Å². The Bertz CT molecular complexity index is 498. The predicted molar refractivity (Wildman–Crippen MR) is 69.4 cm³/mol. The Kier molecular flexibility index (Phi) is 2.45. The first-order valence-electron chi connectivity index (χ1n) is 6.09. The van der Waals surface area contributed by atoms with Gasteiger partial charge >= 0.3 is 0 Å². The van der Waals surface area contributed by atoms with Gasteiger partial charge in [-0.1, -0.05) is 30.3 Å². The molecule has 2 N–H and O–H groups in total. The average molecular weight is 224 g/mol. The van der Waals surface area contributed by atoms with Crippen LogP contribution in [0.2, 0.25) is 0 Å². The van der Waals surface area contributed by atoms with Gasteiger partial charge in [-0.2, -0.15) is 0 Å². The molecule has 1 fully saturated rings. The van der Waals surface area contributed by atoms with Gasteiger partial charge in [-0.25, -0.2) is 0 Å². The molecule has 1 aliphatic carbocycles. The third kappa shape index (κ3) is 1.85. The van der Waals surface area contributed by atoms with E-state index in [-0.39, 0.29) is 5.54 Å². The third-order valence-electron chi connectivity index (χ3n) is 3.67. The van der Waals surface area contributed by atoms with Crippen LogP contribution in [0.3, 0.4) is 0 Å². The lowest BCUT2D eigenvalue weighted by Crippen LogP contribution is -2.43. The Morgan fingerprint density at radius 1 is 1.00 bits per heavy atom. The van der Waals surface area contributed by atoms with E-state index in [2.05, 4.69) is 29.2 Å². The lowest BCUT2D eigenvalue weighted by atomic mass is 9.72. The summed E-state index contributed by atoms with van der Waals surface area (Å²) in [6.07, 6.45) is 5.28. The maximum absolute atomic E-state index is 6.30. The molecule has 0 saturated heterocycles. The minimum Gasteiger partial charge on any atom is -0.321 e. The second-order valence-electron chi connectivity index (χ2n) is 4.80. The topological polar surface area (TPSA) is 38.9 Å². The molecule has 1 aromatic heterocycles. The highest BCUT2D eigenvalue weighted by atomic mass is 14.8. The molecule has 0 atom stereocenters. The maximum atomic E-state index is 6.30. The quantitative estimate of drug-likeness (QED) is 0.851. The second kappa shape index (κ2) is 3.97. The van der Waals surface area contributed by atoms with Crippen LogP contribution in [0.5, 0.6) is 0 Å². The fourth-order valence-electron chi connectivity index (χ4n) is 2.35. The van der Waals surface area contributed by atoms with Crippen molar-refractivity contribution in [2.24, 2.45) is 5.73 Å².